The van der Waals surface area contributed by atoms with Crippen LogP contribution in [-0.4, -0.2) is 77.3 Å². The van der Waals surface area contributed by atoms with E-state index in [0.29, 0.717) is 0 Å². The highest BCUT2D eigenvalue weighted by Gasteiger charge is 2.18. The minimum absolute atomic E-state index is 0.136. The molecule has 1 aliphatic rings. The van der Waals surface area contributed by atoms with E-state index in [1.54, 1.807) is 26.4 Å². The van der Waals surface area contributed by atoms with Crippen LogP contribution in [0.5, 0.6) is 11.5 Å². The number of hydrogen-bond donors (Lipinski definition) is 2. The lowest BCUT2D eigenvalue weighted by Gasteiger charge is -2.34. The minimum atomic E-state index is -1.82. The van der Waals surface area contributed by atoms with E-state index in [2.05, 4.69) is 9.80 Å². The summed E-state index contributed by atoms with van der Waals surface area (Å²) in [5, 5.41) is 25.5. The summed E-state index contributed by atoms with van der Waals surface area (Å²) in [6.45, 7) is 5.58. The second kappa shape index (κ2) is 12.4. The molecule has 11 nitrogen and oxygen atoms in total. The monoisotopic (exact) mass is 461 g/mol. The molecule has 11 heteroatoms. The van der Waals surface area contributed by atoms with Crippen molar-refractivity contribution in [2.75, 3.05) is 40.4 Å². The zero-order chi connectivity index (χ0) is 24.4. The topological polar surface area (TPSA) is 143 Å². The number of rotatable bonds is 7. The van der Waals surface area contributed by atoms with E-state index in [1.165, 1.54) is 5.56 Å². The molecule has 0 amide bonds. The molecule has 2 aromatic carbocycles. The Balaban J connectivity index is 0.000000569. The van der Waals surface area contributed by atoms with Gasteiger partial charge in [0.05, 0.1) is 19.1 Å². The third kappa shape index (κ3) is 8.39. The highest BCUT2D eigenvalue weighted by molar-refractivity contribution is 6.27. The SMILES string of the molecule is COc1cc(CN2CCN(Cc3ccc([N+](=O)[O-])cc3)CC2)cc(OC)c1.O=C(O)C(=O)O. The molecule has 0 spiro atoms. The van der Waals surface area contributed by atoms with Gasteiger partial charge in [0, 0.05) is 57.5 Å². The number of ether oxygens (including phenoxy) is 2. The van der Waals surface area contributed by atoms with Gasteiger partial charge in [0.1, 0.15) is 11.5 Å². The fourth-order valence-electron chi connectivity index (χ4n) is 3.30. The standard InChI is InChI=1S/C20H25N3O4.C2H2O4/c1-26-19-11-17(12-20(13-19)27-2)15-22-9-7-21(8-10-22)14-16-3-5-18(6-4-16)23(24)25;3-1(4)2(5)6/h3-6,11-13H,7-10,14-15H2,1-2H3;(H,3,4)(H,5,6). The summed E-state index contributed by atoms with van der Waals surface area (Å²) >= 11 is 0. The average molecular weight is 461 g/mol. The lowest BCUT2D eigenvalue weighted by Crippen LogP contribution is -2.45. The Bertz CT molecular complexity index is 922. The zero-order valence-electron chi connectivity index (χ0n) is 18.5. The van der Waals surface area contributed by atoms with Crippen LogP contribution >= 0.6 is 0 Å². The van der Waals surface area contributed by atoms with E-state index in [-0.39, 0.29) is 10.6 Å². The van der Waals surface area contributed by atoms with Crippen molar-refractivity contribution in [1.82, 2.24) is 9.80 Å². The molecule has 1 saturated heterocycles. The van der Waals surface area contributed by atoms with Crippen LogP contribution in [-0.2, 0) is 22.7 Å². The van der Waals surface area contributed by atoms with Gasteiger partial charge < -0.3 is 19.7 Å². The van der Waals surface area contributed by atoms with E-state index >= 15 is 0 Å². The molecule has 0 aromatic heterocycles. The van der Waals surface area contributed by atoms with Crippen LogP contribution in [0.25, 0.3) is 0 Å². The molecular weight excluding hydrogens is 434 g/mol. The van der Waals surface area contributed by atoms with Gasteiger partial charge in [0.25, 0.3) is 5.69 Å². The normalized spacial score (nSPS) is 14.0. The molecule has 2 N–H and O–H groups in total. The number of aliphatic carboxylic acids is 2. The molecule has 33 heavy (non-hydrogen) atoms. The molecule has 0 atom stereocenters. The predicted octanol–water partition coefficient (Wildman–Crippen LogP) is 2.09. The van der Waals surface area contributed by atoms with Crippen LogP contribution in [0.4, 0.5) is 5.69 Å². The average Bonchev–Trinajstić information content (AvgIpc) is 2.80. The van der Waals surface area contributed by atoms with Gasteiger partial charge in [-0.25, -0.2) is 9.59 Å². The molecule has 2 aromatic rings. The van der Waals surface area contributed by atoms with Crippen LogP contribution in [0.3, 0.4) is 0 Å². The first-order valence-corrected chi connectivity index (χ1v) is 10.1. The second-order valence-corrected chi connectivity index (χ2v) is 7.31. The number of methoxy groups -OCH3 is 2. The Morgan fingerprint density at radius 2 is 1.27 bits per heavy atom. The first-order valence-electron chi connectivity index (χ1n) is 10.1. The third-order valence-electron chi connectivity index (χ3n) is 5.02. The first kappa shape index (κ1) is 25.6. The highest BCUT2D eigenvalue weighted by atomic mass is 16.6. The quantitative estimate of drug-likeness (QED) is 0.357. The Labute approximate surface area is 190 Å². The molecular formula is C22H27N3O8. The second-order valence-electron chi connectivity index (χ2n) is 7.31. The van der Waals surface area contributed by atoms with E-state index in [4.69, 9.17) is 29.3 Å². The maximum Gasteiger partial charge on any atom is 0.414 e. The Morgan fingerprint density at radius 1 is 0.848 bits per heavy atom. The van der Waals surface area contributed by atoms with Crippen molar-refractivity contribution in [2.24, 2.45) is 0 Å². The number of hydrogen-bond acceptors (Lipinski definition) is 8. The molecule has 0 aliphatic carbocycles. The number of non-ortho nitro benzene ring substituents is 1. The van der Waals surface area contributed by atoms with Crippen LogP contribution in [0.2, 0.25) is 0 Å². The Kier molecular flexibility index (Phi) is 9.58. The molecule has 0 unspecified atom stereocenters. The fraction of sp³-hybridized carbons (Fsp3) is 0.364. The number of nitrogens with zero attached hydrogens (tertiary/aromatic N) is 3. The summed E-state index contributed by atoms with van der Waals surface area (Å²) in [5.41, 5.74) is 2.42. The number of nitro groups is 1. The summed E-state index contributed by atoms with van der Waals surface area (Å²) < 4.78 is 10.7. The van der Waals surface area contributed by atoms with Gasteiger partial charge in [-0.3, -0.25) is 19.9 Å². The highest BCUT2D eigenvalue weighted by Crippen LogP contribution is 2.24. The van der Waals surface area contributed by atoms with Crippen molar-refractivity contribution in [1.29, 1.82) is 0 Å². The smallest absolute Gasteiger partial charge is 0.414 e. The van der Waals surface area contributed by atoms with Gasteiger partial charge in [-0.05, 0) is 23.3 Å². The van der Waals surface area contributed by atoms with Gasteiger partial charge in [0.15, 0.2) is 0 Å². The van der Waals surface area contributed by atoms with Crippen LogP contribution in [0.15, 0.2) is 42.5 Å². The van der Waals surface area contributed by atoms with Gasteiger partial charge in [0.2, 0.25) is 0 Å². The summed E-state index contributed by atoms with van der Waals surface area (Å²) in [6.07, 6.45) is 0. The summed E-state index contributed by atoms with van der Waals surface area (Å²) in [5.74, 6) is -2.03. The lowest BCUT2D eigenvalue weighted by molar-refractivity contribution is -0.384. The predicted molar refractivity (Wildman–Crippen MR) is 118 cm³/mol. The largest absolute Gasteiger partial charge is 0.497 e. The summed E-state index contributed by atoms with van der Waals surface area (Å²) in [6, 6.07) is 12.8. The molecule has 1 heterocycles. The van der Waals surface area contributed by atoms with Gasteiger partial charge >= 0.3 is 11.9 Å². The molecule has 0 radical (unpaired) electrons. The Morgan fingerprint density at radius 3 is 1.64 bits per heavy atom. The molecule has 178 valence electrons. The van der Waals surface area contributed by atoms with E-state index in [0.717, 1.165) is 56.3 Å². The van der Waals surface area contributed by atoms with Crippen molar-refractivity contribution in [3.8, 4) is 11.5 Å². The minimum Gasteiger partial charge on any atom is -0.497 e. The van der Waals surface area contributed by atoms with Crippen LogP contribution in [0.1, 0.15) is 11.1 Å². The molecule has 1 aliphatic heterocycles. The third-order valence-corrected chi connectivity index (χ3v) is 5.02. The number of carboxylic acids is 2. The number of carboxylic acid groups (broad SMARTS) is 2. The van der Waals surface area contributed by atoms with Gasteiger partial charge in [-0.15, -0.1) is 0 Å². The van der Waals surface area contributed by atoms with Crippen LogP contribution in [0, 0.1) is 10.1 Å². The Hall–Kier alpha value is -3.70. The number of nitro benzene ring substituents is 1. The van der Waals surface area contributed by atoms with Gasteiger partial charge in [-0.1, -0.05) is 12.1 Å². The van der Waals surface area contributed by atoms with Crippen molar-refractivity contribution >= 4 is 17.6 Å². The van der Waals surface area contributed by atoms with E-state index in [9.17, 15) is 10.1 Å². The lowest BCUT2D eigenvalue weighted by atomic mass is 10.1. The molecule has 0 saturated carbocycles. The summed E-state index contributed by atoms with van der Waals surface area (Å²) in [7, 11) is 3.32. The van der Waals surface area contributed by atoms with Crippen molar-refractivity contribution < 1.29 is 34.2 Å². The first-order chi connectivity index (χ1) is 15.7. The summed E-state index contributed by atoms with van der Waals surface area (Å²) in [4.78, 5) is 33.4. The maximum atomic E-state index is 10.7. The molecule has 3 rings (SSSR count). The fourth-order valence-corrected chi connectivity index (χ4v) is 3.30. The van der Waals surface area contributed by atoms with E-state index < -0.39 is 11.9 Å². The zero-order valence-corrected chi connectivity index (χ0v) is 18.5. The van der Waals surface area contributed by atoms with E-state index in [1.807, 2.05) is 30.3 Å². The van der Waals surface area contributed by atoms with Gasteiger partial charge in [-0.2, -0.15) is 0 Å². The number of benzene rings is 2. The number of piperazine rings is 1. The van der Waals surface area contributed by atoms with Crippen molar-refractivity contribution in [2.45, 2.75) is 13.1 Å². The number of carbonyl (C=O) groups is 2. The molecule has 1 fully saturated rings. The van der Waals surface area contributed by atoms with Crippen molar-refractivity contribution in [3.63, 3.8) is 0 Å². The molecule has 0 bridgehead atoms. The van der Waals surface area contributed by atoms with Crippen molar-refractivity contribution in [3.05, 3.63) is 63.7 Å². The van der Waals surface area contributed by atoms with Crippen LogP contribution < -0.4 is 9.47 Å². The maximum absolute atomic E-state index is 10.7.